The zero-order chi connectivity index (χ0) is 60.6. The summed E-state index contributed by atoms with van der Waals surface area (Å²) < 4.78 is 60.9. The predicted molar refractivity (Wildman–Crippen MR) is 304 cm³/mol. The Morgan fingerprint density at radius 2 is 0.845 bits per heavy atom. The van der Waals surface area contributed by atoms with Crippen molar-refractivity contribution in [3.63, 3.8) is 0 Å². The number of aromatic hydroxyl groups is 1. The topological polar surface area (TPSA) is 262 Å². The molecule has 0 bridgehead atoms. The fourth-order valence-electron chi connectivity index (χ4n) is 7.62. The smallest absolute Gasteiger partial charge is 0.307 e. The molecule has 0 aliphatic carbocycles. The number of halogens is 2. The number of phenolic OH excluding ortho intramolecular Hbond substituents is 1. The van der Waals surface area contributed by atoms with Crippen molar-refractivity contribution in [2.75, 3.05) is 41.7 Å². The van der Waals surface area contributed by atoms with Crippen LogP contribution in [0.2, 0.25) is 0 Å². The van der Waals surface area contributed by atoms with Crippen molar-refractivity contribution in [1.29, 1.82) is 15.8 Å². The zero-order valence-electron chi connectivity index (χ0n) is 46.2. The van der Waals surface area contributed by atoms with Gasteiger partial charge in [-0.05, 0) is 88.5 Å². The van der Waals surface area contributed by atoms with Crippen LogP contribution in [0.4, 0.5) is 8.78 Å². The number of carboxylic acids is 1. The minimum Gasteiger partial charge on any atom is -0.508 e. The summed E-state index contributed by atoms with van der Waals surface area (Å²) in [4.78, 5) is 43.1. The van der Waals surface area contributed by atoms with Crippen molar-refractivity contribution in [1.82, 2.24) is 0 Å². The number of carbonyl (C=O) groups is 3. The number of benzene rings is 7. The van der Waals surface area contributed by atoms with Gasteiger partial charge in [-0.25, -0.2) is 8.78 Å². The van der Waals surface area contributed by atoms with Crippen molar-refractivity contribution in [3.8, 4) is 47.0 Å². The van der Waals surface area contributed by atoms with Crippen molar-refractivity contribution in [2.24, 2.45) is 10.3 Å². The summed E-state index contributed by atoms with van der Waals surface area (Å²) in [6, 6.07) is 53.6. The molecule has 7 aromatic carbocycles. The lowest BCUT2D eigenvalue weighted by Gasteiger charge is -2.12. The summed E-state index contributed by atoms with van der Waals surface area (Å²) in [5.41, 5.74) is 5.88. The molecule has 0 fully saturated rings. The molecule has 0 amide bonds. The number of carboxylic acid groups (broad SMARTS) is 1. The lowest BCUT2D eigenvalue weighted by molar-refractivity contribution is -0.141. The normalized spacial score (nSPS) is 11.8. The molecule has 3 atom stereocenters. The molecule has 20 heteroatoms. The second-order valence-electron chi connectivity index (χ2n) is 17.8. The largest absolute Gasteiger partial charge is 0.508 e. The molecule has 432 valence electrons. The Hall–Kier alpha value is -10.8. The zero-order valence-corrected chi connectivity index (χ0v) is 46.2. The van der Waals surface area contributed by atoms with Crippen molar-refractivity contribution in [3.05, 3.63) is 220 Å². The average Bonchev–Trinajstić information content (AvgIpc) is 3.62. The van der Waals surface area contributed by atoms with Gasteiger partial charge in [0.1, 0.15) is 69.3 Å². The van der Waals surface area contributed by atoms with Gasteiger partial charge >= 0.3 is 17.9 Å². The highest BCUT2D eigenvalue weighted by atomic mass is 19.1. The van der Waals surface area contributed by atoms with Gasteiger partial charge in [-0.2, -0.15) is 15.8 Å². The van der Waals surface area contributed by atoms with E-state index in [0.29, 0.717) is 50.7 Å². The molecule has 7 aromatic rings. The van der Waals surface area contributed by atoms with E-state index in [0.717, 1.165) is 11.1 Å². The van der Waals surface area contributed by atoms with Crippen molar-refractivity contribution < 1.29 is 71.5 Å². The fourth-order valence-corrected chi connectivity index (χ4v) is 7.62. The molecule has 0 heterocycles. The van der Waals surface area contributed by atoms with E-state index in [2.05, 4.69) is 25.9 Å². The summed E-state index contributed by atoms with van der Waals surface area (Å²) in [5.74, 6) is -3.47. The Bertz CT molecular complexity index is 3420. The average molecular weight is 1140 g/mol. The second-order valence-corrected chi connectivity index (χ2v) is 17.8. The van der Waals surface area contributed by atoms with Crippen LogP contribution in [0.5, 0.6) is 28.7 Å². The Morgan fingerprint density at radius 1 is 0.488 bits per heavy atom. The van der Waals surface area contributed by atoms with E-state index >= 15 is 0 Å². The SMILES string of the molecule is CO/N=C(\COc1ccc(COc2ccc(C(C#N)CC(=O)O)cc2)cc1F)c1ccccc1.CO/N=C(\COc1ccc(COc2ccc(C(C#N)CC(=O)OC)cc2)cc1F)c1ccccc1.COC(=O)CC(C#N)c1ccc(O)cc1. The number of nitrogens with zero attached hydrogens (tertiary/aromatic N) is 5. The first-order valence-corrected chi connectivity index (χ1v) is 25.6. The van der Waals surface area contributed by atoms with Crippen molar-refractivity contribution >= 4 is 29.3 Å². The number of hydrogen-bond acceptors (Lipinski definition) is 17. The van der Waals surface area contributed by atoms with Gasteiger partial charge in [0.25, 0.3) is 0 Å². The minimum absolute atomic E-state index is 0.0228. The number of nitriles is 3. The Kier molecular flexibility index (Phi) is 26.2. The maximum Gasteiger partial charge on any atom is 0.307 e. The van der Waals surface area contributed by atoms with E-state index in [1.807, 2.05) is 72.8 Å². The maximum atomic E-state index is 14.6. The third-order valence-electron chi connectivity index (χ3n) is 12.1. The van der Waals surface area contributed by atoms with E-state index < -0.39 is 47.3 Å². The van der Waals surface area contributed by atoms with Crippen LogP contribution in [0.1, 0.15) is 76.0 Å². The van der Waals surface area contributed by atoms with E-state index in [1.165, 1.54) is 64.8 Å². The van der Waals surface area contributed by atoms with E-state index in [9.17, 15) is 28.4 Å². The quantitative estimate of drug-likeness (QED) is 0.0306. The van der Waals surface area contributed by atoms with Gasteiger partial charge in [-0.15, -0.1) is 0 Å². The highest BCUT2D eigenvalue weighted by molar-refractivity contribution is 6.02. The monoisotopic (exact) mass is 1140 g/mol. The van der Waals surface area contributed by atoms with Crippen LogP contribution < -0.4 is 18.9 Å². The van der Waals surface area contributed by atoms with Gasteiger partial charge in [0.05, 0.1) is 69.4 Å². The Labute approximate surface area is 484 Å². The van der Waals surface area contributed by atoms with Crippen molar-refractivity contribution in [2.45, 2.75) is 50.2 Å². The molecule has 0 saturated heterocycles. The highest BCUT2D eigenvalue weighted by Crippen LogP contribution is 2.27. The lowest BCUT2D eigenvalue weighted by atomic mass is 9.97. The van der Waals surface area contributed by atoms with E-state index in [4.69, 9.17) is 49.4 Å². The molecule has 84 heavy (non-hydrogen) atoms. The van der Waals surface area contributed by atoms with Crippen LogP contribution in [0.15, 0.2) is 180 Å². The number of methoxy groups -OCH3 is 2. The number of esters is 2. The molecule has 2 N–H and O–H groups in total. The molecule has 7 rings (SSSR count). The number of phenols is 1. The number of oxime groups is 2. The summed E-state index contributed by atoms with van der Waals surface area (Å²) >= 11 is 0. The second kappa shape index (κ2) is 34.4. The number of carbonyl (C=O) groups excluding carboxylic acids is 2. The van der Waals surface area contributed by atoms with Crippen LogP contribution in [0.25, 0.3) is 0 Å². The van der Waals surface area contributed by atoms with Gasteiger partial charge in [0.15, 0.2) is 23.1 Å². The standard InChI is InChI=1S/C27H25FN2O5.C26H23FN2O5.C11H11NO3/c1-32-27(31)15-22(16-29)20-9-11-23(12-10-20)34-17-19-8-13-26(24(28)14-19)35-18-25(30-33-2)21-6-4-3-5-7-21;1-32-29-24(20-5-3-2-4-6-20)17-34-25-12-7-18(13-23(25)27)16-33-22-10-8-19(9-11-22)21(15-28)14-26(30)31;1-15-11(14)6-9(7-12)8-2-4-10(13)5-3-8/h3-14,22H,15,17-18H2,1-2H3;2-13,21H,14,16-17H2,1H3,(H,30,31);2-5,9,13H,6H2,1H3/b30-25+;29-24+;. The van der Waals surface area contributed by atoms with Gasteiger partial charge in [-0.1, -0.05) is 120 Å². The molecular formula is C64H59F2N5O13. The number of ether oxygens (including phenoxy) is 6. The maximum absolute atomic E-state index is 14.6. The summed E-state index contributed by atoms with van der Waals surface area (Å²) in [7, 11) is 5.44. The van der Waals surface area contributed by atoms with Crippen LogP contribution in [-0.2, 0) is 46.7 Å². The van der Waals surface area contributed by atoms with Crippen LogP contribution >= 0.6 is 0 Å². The van der Waals surface area contributed by atoms with Gasteiger partial charge < -0.3 is 48.3 Å². The molecular weight excluding hydrogens is 1080 g/mol. The molecule has 0 saturated carbocycles. The molecule has 0 aliphatic heterocycles. The third kappa shape index (κ3) is 21.0. The first kappa shape index (κ1) is 64.0. The fraction of sp³-hybridized carbons (Fsp3) is 0.219. The first-order valence-electron chi connectivity index (χ1n) is 25.6. The Balaban J connectivity index is 0.000000248. The molecule has 3 unspecified atom stereocenters. The summed E-state index contributed by atoms with van der Waals surface area (Å²) in [6.45, 7) is 0.327. The predicted octanol–water partition coefficient (Wildman–Crippen LogP) is 11.5. The first-order chi connectivity index (χ1) is 40.7. The molecule has 0 aromatic heterocycles. The Morgan fingerprint density at radius 3 is 1.17 bits per heavy atom. The number of rotatable bonds is 25. The van der Waals surface area contributed by atoms with Gasteiger partial charge in [0, 0.05) is 11.1 Å². The summed E-state index contributed by atoms with van der Waals surface area (Å²) in [6.07, 6.45) is -0.266. The lowest BCUT2D eigenvalue weighted by Crippen LogP contribution is -2.14. The molecule has 18 nitrogen and oxygen atoms in total. The third-order valence-corrected chi connectivity index (χ3v) is 12.1. The van der Waals surface area contributed by atoms with Crippen LogP contribution in [0.3, 0.4) is 0 Å². The highest BCUT2D eigenvalue weighted by Gasteiger charge is 2.19. The van der Waals surface area contributed by atoms with Gasteiger partial charge in [-0.3, -0.25) is 14.4 Å². The molecule has 0 spiro atoms. The molecule has 0 radical (unpaired) electrons. The minimum atomic E-state index is -1.04. The van der Waals surface area contributed by atoms with Crippen LogP contribution in [0, 0.1) is 45.6 Å². The molecule has 0 aliphatic rings. The number of hydrogen-bond donors (Lipinski definition) is 2. The van der Waals surface area contributed by atoms with Crippen LogP contribution in [-0.4, -0.2) is 81.2 Å². The van der Waals surface area contributed by atoms with E-state index in [-0.39, 0.29) is 62.9 Å². The number of aliphatic carboxylic acids is 1. The van der Waals surface area contributed by atoms with Gasteiger partial charge in [0.2, 0.25) is 0 Å². The van der Waals surface area contributed by atoms with E-state index in [1.54, 1.807) is 72.8 Å². The summed E-state index contributed by atoms with van der Waals surface area (Å²) in [5, 5.41) is 53.2.